The molecule has 0 aliphatic heterocycles. The molecule has 1 nitrogen and oxygen atoms in total. The Morgan fingerprint density at radius 2 is 1.82 bits per heavy atom. The van der Waals surface area contributed by atoms with Crippen LogP contribution in [-0.4, -0.2) is 6.54 Å². The third-order valence-electron chi connectivity index (χ3n) is 2.18. The predicted octanol–water partition coefficient (Wildman–Crippen LogP) is 2.94. The number of hydrogen-bond acceptors (Lipinski definition) is 1. The zero-order valence-corrected chi connectivity index (χ0v) is 8.10. The Kier molecular flexibility index (Phi) is 8.03. The third kappa shape index (κ3) is 7.86. The molecule has 0 aromatic rings. The lowest BCUT2D eigenvalue weighted by atomic mass is 9.99. The first-order chi connectivity index (χ1) is 5.31. The van der Waals surface area contributed by atoms with Crippen LogP contribution in [0, 0.1) is 5.92 Å². The fourth-order valence-corrected chi connectivity index (χ4v) is 1.45. The van der Waals surface area contributed by atoms with E-state index in [0.29, 0.717) is 0 Å². The van der Waals surface area contributed by atoms with Gasteiger partial charge in [0.15, 0.2) is 0 Å². The van der Waals surface area contributed by atoms with Crippen LogP contribution >= 0.6 is 0 Å². The number of unbranched alkanes of at least 4 members (excludes halogenated alkanes) is 2. The van der Waals surface area contributed by atoms with E-state index < -0.39 is 0 Å². The first-order valence-corrected chi connectivity index (χ1v) is 5.01. The van der Waals surface area contributed by atoms with Gasteiger partial charge >= 0.3 is 0 Å². The van der Waals surface area contributed by atoms with Gasteiger partial charge < -0.3 is 5.73 Å². The Labute approximate surface area is 71.4 Å². The lowest BCUT2D eigenvalue weighted by molar-refractivity contribution is 0.457. The molecular weight excluding hydrogens is 134 g/mol. The number of rotatable bonds is 7. The van der Waals surface area contributed by atoms with E-state index in [-0.39, 0.29) is 0 Å². The first kappa shape index (κ1) is 11.0. The summed E-state index contributed by atoms with van der Waals surface area (Å²) in [5.74, 6) is 0.928. The summed E-state index contributed by atoms with van der Waals surface area (Å²) in [6.45, 7) is 5.48. The Hall–Kier alpha value is -0.0400. The number of hydrogen-bond donors (Lipinski definition) is 1. The highest BCUT2D eigenvalue weighted by atomic mass is 14.5. The van der Waals surface area contributed by atoms with E-state index in [0.717, 1.165) is 12.5 Å². The average molecular weight is 157 g/mol. The van der Waals surface area contributed by atoms with Crippen molar-refractivity contribution in [2.45, 2.75) is 52.4 Å². The lowest BCUT2D eigenvalue weighted by Gasteiger charge is -2.08. The van der Waals surface area contributed by atoms with Gasteiger partial charge in [-0.05, 0) is 18.9 Å². The lowest BCUT2D eigenvalue weighted by Crippen LogP contribution is -1.99. The van der Waals surface area contributed by atoms with Gasteiger partial charge in [-0.25, -0.2) is 0 Å². The third-order valence-corrected chi connectivity index (χ3v) is 2.18. The molecule has 0 spiro atoms. The summed E-state index contributed by atoms with van der Waals surface area (Å²) < 4.78 is 0. The topological polar surface area (TPSA) is 26.0 Å². The number of nitrogens with two attached hydrogens (primary N) is 1. The molecule has 0 aromatic heterocycles. The van der Waals surface area contributed by atoms with Crippen molar-refractivity contribution < 1.29 is 0 Å². The van der Waals surface area contributed by atoms with Crippen molar-refractivity contribution in [2.75, 3.05) is 6.54 Å². The molecule has 0 saturated heterocycles. The monoisotopic (exact) mass is 157 g/mol. The summed E-state index contributed by atoms with van der Waals surface area (Å²) in [6.07, 6.45) is 8.02. The molecule has 0 radical (unpaired) electrons. The maximum atomic E-state index is 5.40. The summed E-state index contributed by atoms with van der Waals surface area (Å²) in [5.41, 5.74) is 5.40. The van der Waals surface area contributed by atoms with Gasteiger partial charge in [-0.1, -0.05) is 46.0 Å². The molecule has 1 heteroatoms. The maximum Gasteiger partial charge on any atom is -0.00773 e. The highest BCUT2D eigenvalue weighted by molar-refractivity contribution is 4.52. The molecule has 2 N–H and O–H groups in total. The molecule has 0 aliphatic carbocycles. The average Bonchev–Trinajstić information content (AvgIpc) is 1.99. The summed E-state index contributed by atoms with van der Waals surface area (Å²) >= 11 is 0. The Bertz CT molecular complexity index is 71.3. The summed E-state index contributed by atoms with van der Waals surface area (Å²) in [7, 11) is 0. The van der Waals surface area contributed by atoms with Crippen molar-refractivity contribution in [3.05, 3.63) is 0 Å². The van der Waals surface area contributed by atoms with E-state index in [2.05, 4.69) is 13.8 Å². The van der Waals surface area contributed by atoms with Crippen molar-refractivity contribution in [1.29, 1.82) is 0 Å². The van der Waals surface area contributed by atoms with Gasteiger partial charge in [0.2, 0.25) is 0 Å². The minimum atomic E-state index is 0.863. The predicted molar refractivity (Wildman–Crippen MR) is 51.6 cm³/mol. The quantitative estimate of drug-likeness (QED) is 0.565. The van der Waals surface area contributed by atoms with Crippen molar-refractivity contribution >= 4 is 0 Å². The largest absolute Gasteiger partial charge is 0.330 e. The Balaban J connectivity index is 2.97. The van der Waals surface area contributed by atoms with Crippen LogP contribution < -0.4 is 5.73 Å². The molecule has 0 rings (SSSR count). The molecule has 1 unspecified atom stereocenters. The van der Waals surface area contributed by atoms with Gasteiger partial charge in [0, 0.05) is 0 Å². The molecule has 0 heterocycles. The van der Waals surface area contributed by atoms with E-state index >= 15 is 0 Å². The minimum Gasteiger partial charge on any atom is -0.330 e. The molecule has 0 fully saturated rings. The van der Waals surface area contributed by atoms with Gasteiger partial charge in [-0.15, -0.1) is 0 Å². The van der Waals surface area contributed by atoms with Crippen LogP contribution in [0.3, 0.4) is 0 Å². The van der Waals surface area contributed by atoms with Crippen LogP contribution in [0.4, 0.5) is 0 Å². The van der Waals surface area contributed by atoms with Crippen LogP contribution in [0.15, 0.2) is 0 Å². The molecular formula is C10H23N. The SMILES string of the molecule is CCCC(C)CCCCCN. The molecule has 11 heavy (non-hydrogen) atoms. The van der Waals surface area contributed by atoms with Gasteiger partial charge in [-0.2, -0.15) is 0 Å². The van der Waals surface area contributed by atoms with Crippen molar-refractivity contribution in [1.82, 2.24) is 0 Å². The zero-order valence-electron chi connectivity index (χ0n) is 8.10. The van der Waals surface area contributed by atoms with Gasteiger partial charge in [0.05, 0.1) is 0 Å². The summed E-state index contributed by atoms with van der Waals surface area (Å²) in [4.78, 5) is 0. The molecule has 0 amide bonds. The standard InChI is InChI=1S/C10H23N/c1-3-7-10(2)8-5-4-6-9-11/h10H,3-9,11H2,1-2H3. The molecule has 0 saturated carbocycles. The van der Waals surface area contributed by atoms with Crippen LogP contribution in [0.1, 0.15) is 52.4 Å². The van der Waals surface area contributed by atoms with Gasteiger partial charge in [0.1, 0.15) is 0 Å². The molecule has 0 aromatic carbocycles. The highest BCUT2D eigenvalue weighted by Gasteiger charge is 1.98. The molecule has 1 atom stereocenters. The second-order valence-corrected chi connectivity index (χ2v) is 3.53. The second kappa shape index (κ2) is 8.06. The summed E-state index contributed by atoms with van der Waals surface area (Å²) in [6, 6.07) is 0. The zero-order chi connectivity index (χ0) is 8.53. The van der Waals surface area contributed by atoms with Crippen molar-refractivity contribution in [3.8, 4) is 0 Å². The van der Waals surface area contributed by atoms with E-state index in [1.807, 2.05) is 0 Å². The molecule has 0 aliphatic rings. The highest BCUT2D eigenvalue weighted by Crippen LogP contribution is 2.13. The van der Waals surface area contributed by atoms with Crippen LogP contribution in [0.2, 0.25) is 0 Å². The second-order valence-electron chi connectivity index (χ2n) is 3.53. The van der Waals surface area contributed by atoms with Crippen LogP contribution in [0.25, 0.3) is 0 Å². The molecule has 0 bridgehead atoms. The smallest absolute Gasteiger partial charge is 0.00773 e. The van der Waals surface area contributed by atoms with Crippen molar-refractivity contribution in [3.63, 3.8) is 0 Å². The van der Waals surface area contributed by atoms with E-state index in [4.69, 9.17) is 5.73 Å². The maximum absolute atomic E-state index is 5.40. The van der Waals surface area contributed by atoms with Crippen LogP contribution in [-0.2, 0) is 0 Å². The van der Waals surface area contributed by atoms with Crippen LogP contribution in [0.5, 0.6) is 0 Å². The Morgan fingerprint density at radius 3 is 2.36 bits per heavy atom. The normalized spacial score (nSPS) is 13.4. The van der Waals surface area contributed by atoms with E-state index in [1.165, 1.54) is 38.5 Å². The van der Waals surface area contributed by atoms with E-state index in [1.54, 1.807) is 0 Å². The molecule has 68 valence electrons. The Morgan fingerprint density at radius 1 is 1.09 bits per heavy atom. The van der Waals surface area contributed by atoms with Gasteiger partial charge in [-0.3, -0.25) is 0 Å². The fourth-order valence-electron chi connectivity index (χ4n) is 1.45. The van der Waals surface area contributed by atoms with E-state index in [9.17, 15) is 0 Å². The van der Waals surface area contributed by atoms with Gasteiger partial charge in [0.25, 0.3) is 0 Å². The van der Waals surface area contributed by atoms with Crippen molar-refractivity contribution in [2.24, 2.45) is 11.7 Å². The summed E-state index contributed by atoms with van der Waals surface area (Å²) in [5, 5.41) is 0. The minimum absolute atomic E-state index is 0.863. The fraction of sp³-hybridized carbons (Fsp3) is 1.00. The first-order valence-electron chi connectivity index (χ1n) is 5.01.